The Kier molecular flexibility index (Phi) is 3.62. The molecular weight excluding hydrogens is 268 g/mol. The standard InChI is InChI=1S/C15H18N4O2/c1-10-9-19(7-6-16-10)15(21)13-8-12(17-18-13)11-4-2-3-5-14(11)20/h2-5,8,10,16,20H,6-7,9H2,1H3,(H,17,18)/t10-/m1/s1. The molecule has 0 aliphatic carbocycles. The smallest absolute Gasteiger partial charge is 0.271 e. The molecule has 21 heavy (non-hydrogen) atoms. The lowest BCUT2D eigenvalue weighted by molar-refractivity contribution is 0.0703. The van der Waals surface area contributed by atoms with Crippen LogP contribution in [-0.4, -0.2) is 51.8 Å². The third-order valence-electron chi connectivity index (χ3n) is 3.64. The van der Waals surface area contributed by atoms with Crippen LogP contribution >= 0.6 is 0 Å². The summed E-state index contributed by atoms with van der Waals surface area (Å²) in [6, 6.07) is 8.92. The lowest BCUT2D eigenvalue weighted by Gasteiger charge is -2.31. The normalized spacial score (nSPS) is 18.7. The molecule has 1 aliphatic heterocycles. The maximum atomic E-state index is 12.4. The van der Waals surface area contributed by atoms with Gasteiger partial charge in [-0.1, -0.05) is 12.1 Å². The predicted octanol–water partition coefficient (Wildman–Crippen LogP) is 1.22. The van der Waals surface area contributed by atoms with Gasteiger partial charge in [-0.25, -0.2) is 0 Å². The first-order chi connectivity index (χ1) is 10.1. The summed E-state index contributed by atoms with van der Waals surface area (Å²) >= 11 is 0. The molecule has 1 aromatic heterocycles. The van der Waals surface area contributed by atoms with Crippen molar-refractivity contribution in [2.75, 3.05) is 19.6 Å². The van der Waals surface area contributed by atoms with Crippen LogP contribution in [0.25, 0.3) is 11.3 Å². The molecule has 1 aromatic carbocycles. The van der Waals surface area contributed by atoms with E-state index < -0.39 is 0 Å². The van der Waals surface area contributed by atoms with Crippen molar-refractivity contribution in [1.29, 1.82) is 0 Å². The zero-order valence-electron chi connectivity index (χ0n) is 11.8. The van der Waals surface area contributed by atoms with Gasteiger partial charge in [-0.05, 0) is 25.1 Å². The van der Waals surface area contributed by atoms with Crippen molar-refractivity contribution in [2.24, 2.45) is 0 Å². The predicted molar refractivity (Wildman–Crippen MR) is 79.1 cm³/mol. The first kappa shape index (κ1) is 13.6. The summed E-state index contributed by atoms with van der Waals surface area (Å²) in [6.45, 7) is 4.23. The number of nitrogens with zero attached hydrogens (tertiary/aromatic N) is 2. The SMILES string of the molecule is C[C@@H]1CN(C(=O)c2cc(-c3ccccc3O)n[nH]2)CCN1. The number of phenolic OH excluding ortho intramolecular Hbond substituents is 1. The van der Waals surface area contributed by atoms with Gasteiger partial charge in [-0.2, -0.15) is 5.10 Å². The minimum Gasteiger partial charge on any atom is -0.507 e. The second-order valence-corrected chi connectivity index (χ2v) is 5.29. The van der Waals surface area contributed by atoms with Crippen LogP contribution in [0.3, 0.4) is 0 Å². The molecule has 1 amide bonds. The minimum absolute atomic E-state index is 0.0579. The van der Waals surface area contributed by atoms with Crippen molar-refractivity contribution in [3.63, 3.8) is 0 Å². The van der Waals surface area contributed by atoms with E-state index in [4.69, 9.17) is 0 Å². The highest BCUT2D eigenvalue weighted by Gasteiger charge is 2.23. The number of amides is 1. The Hall–Kier alpha value is -2.34. The van der Waals surface area contributed by atoms with Gasteiger partial charge in [0, 0.05) is 31.2 Å². The number of aromatic amines is 1. The van der Waals surface area contributed by atoms with E-state index in [0.717, 1.165) is 6.54 Å². The van der Waals surface area contributed by atoms with Crippen molar-refractivity contribution in [3.05, 3.63) is 36.0 Å². The molecule has 1 aliphatic rings. The number of phenols is 1. The van der Waals surface area contributed by atoms with Crippen molar-refractivity contribution in [2.45, 2.75) is 13.0 Å². The number of piperazine rings is 1. The van der Waals surface area contributed by atoms with Crippen molar-refractivity contribution in [1.82, 2.24) is 20.4 Å². The van der Waals surface area contributed by atoms with E-state index in [2.05, 4.69) is 22.4 Å². The van der Waals surface area contributed by atoms with E-state index in [1.807, 2.05) is 11.0 Å². The highest BCUT2D eigenvalue weighted by molar-refractivity contribution is 5.93. The number of nitrogens with one attached hydrogen (secondary N) is 2. The van der Waals surface area contributed by atoms with Crippen LogP contribution in [0.4, 0.5) is 0 Å². The van der Waals surface area contributed by atoms with Gasteiger partial charge in [-0.15, -0.1) is 0 Å². The molecule has 0 radical (unpaired) electrons. The van der Waals surface area contributed by atoms with Gasteiger partial charge in [0.05, 0.1) is 5.69 Å². The van der Waals surface area contributed by atoms with Gasteiger partial charge in [-0.3, -0.25) is 9.89 Å². The Labute approximate surface area is 122 Å². The summed E-state index contributed by atoms with van der Waals surface area (Å²) in [7, 11) is 0. The molecule has 6 nitrogen and oxygen atoms in total. The molecule has 0 bridgehead atoms. The number of carbonyl (C=O) groups is 1. The van der Waals surface area contributed by atoms with Gasteiger partial charge < -0.3 is 15.3 Å². The monoisotopic (exact) mass is 286 g/mol. The molecule has 110 valence electrons. The van der Waals surface area contributed by atoms with E-state index in [1.54, 1.807) is 24.3 Å². The summed E-state index contributed by atoms with van der Waals surface area (Å²) < 4.78 is 0. The van der Waals surface area contributed by atoms with E-state index in [1.165, 1.54) is 0 Å². The number of aromatic nitrogens is 2. The average molecular weight is 286 g/mol. The third kappa shape index (κ3) is 2.75. The number of benzene rings is 1. The number of carbonyl (C=O) groups excluding carboxylic acids is 1. The quantitative estimate of drug-likeness (QED) is 0.775. The largest absolute Gasteiger partial charge is 0.507 e. The molecule has 2 heterocycles. The molecule has 1 saturated heterocycles. The van der Waals surface area contributed by atoms with Gasteiger partial charge in [0.1, 0.15) is 11.4 Å². The topological polar surface area (TPSA) is 81.2 Å². The maximum Gasteiger partial charge on any atom is 0.271 e. The zero-order chi connectivity index (χ0) is 14.8. The Morgan fingerprint density at radius 2 is 2.24 bits per heavy atom. The fourth-order valence-corrected chi connectivity index (χ4v) is 2.55. The number of hydrogen-bond acceptors (Lipinski definition) is 4. The molecule has 6 heteroatoms. The number of rotatable bonds is 2. The summed E-state index contributed by atoms with van der Waals surface area (Å²) in [6.07, 6.45) is 0. The number of para-hydroxylation sites is 1. The minimum atomic E-state index is -0.0579. The summed E-state index contributed by atoms with van der Waals surface area (Å²) in [5.74, 6) is 0.0938. The van der Waals surface area contributed by atoms with Crippen LogP contribution in [0.2, 0.25) is 0 Å². The van der Waals surface area contributed by atoms with Crippen molar-refractivity contribution >= 4 is 5.91 Å². The lowest BCUT2D eigenvalue weighted by atomic mass is 10.1. The van der Waals surface area contributed by atoms with Crippen LogP contribution < -0.4 is 5.32 Å². The fourth-order valence-electron chi connectivity index (χ4n) is 2.55. The van der Waals surface area contributed by atoms with Gasteiger partial charge >= 0.3 is 0 Å². The second kappa shape index (κ2) is 5.57. The third-order valence-corrected chi connectivity index (χ3v) is 3.64. The van der Waals surface area contributed by atoms with Crippen LogP contribution in [0.5, 0.6) is 5.75 Å². The first-order valence-corrected chi connectivity index (χ1v) is 7.01. The molecule has 1 atom stereocenters. The Morgan fingerprint density at radius 1 is 1.43 bits per heavy atom. The number of hydrogen-bond donors (Lipinski definition) is 3. The molecule has 3 N–H and O–H groups in total. The van der Waals surface area contributed by atoms with Crippen LogP contribution in [0.1, 0.15) is 17.4 Å². The van der Waals surface area contributed by atoms with E-state index in [9.17, 15) is 9.90 Å². The van der Waals surface area contributed by atoms with Crippen molar-refractivity contribution in [3.8, 4) is 17.0 Å². The van der Waals surface area contributed by atoms with Crippen LogP contribution in [-0.2, 0) is 0 Å². The molecule has 2 aromatic rings. The number of aromatic hydroxyl groups is 1. The summed E-state index contributed by atoms with van der Waals surface area (Å²) in [4.78, 5) is 14.2. The molecule has 0 unspecified atom stereocenters. The van der Waals surface area contributed by atoms with Gasteiger partial charge in [0.15, 0.2) is 0 Å². The van der Waals surface area contributed by atoms with Crippen LogP contribution in [0, 0.1) is 0 Å². The Bertz CT molecular complexity index is 653. The Morgan fingerprint density at radius 3 is 3.00 bits per heavy atom. The number of H-pyrrole nitrogens is 1. The average Bonchev–Trinajstić information content (AvgIpc) is 2.96. The van der Waals surface area contributed by atoms with E-state index in [-0.39, 0.29) is 11.7 Å². The Balaban J connectivity index is 1.82. The molecule has 0 saturated carbocycles. The van der Waals surface area contributed by atoms with Gasteiger partial charge in [0.25, 0.3) is 5.91 Å². The molecule has 0 spiro atoms. The van der Waals surface area contributed by atoms with Gasteiger partial charge in [0.2, 0.25) is 0 Å². The summed E-state index contributed by atoms with van der Waals surface area (Å²) in [5, 5.41) is 20.0. The van der Waals surface area contributed by atoms with Crippen LogP contribution in [0.15, 0.2) is 30.3 Å². The van der Waals surface area contributed by atoms with Crippen molar-refractivity contribution < 1.29 is 9.90 Å². The molecule has 1 fully saturated rings. The zero-order valence-corrected chi connectivity index (χ0v) is 11.8. The fraction of sp³-hybridized carbons (Fsp3) is 0.333. The summed E-state index contributed by atoms with van der Waals surface area (Å²) in [5.41, 5.74) is 1.63. The second-order valence-electron chi connectivity index (χ2n) is 5.29. The molecule has 3 rings (SSSR count). The van der Waals surface area contributed by atoms with E-state index in [0.29, 0.717) is 36.1 Å². The highest BCUT2D eigenvalue weighted by Crippen LogP contribution is 2.27. The molecular formula is C15H18N4O2. The maximum absolute atomic E-state index is 12.4. The highest BCUT2D eigenvalue weighted by atomic mass is 16.3. The first-order valence-electron chi connectivity index (χ1n) is 7.01. The lowest BCUT2D eigenvalue weighted by Crippen LogP contribution is -2.51. The van der Waals surface area contributed by atoms with E-state index >= 15 is 0 Å².